The van der Waals surface area contributed by atoms with Crippen LogP contribution in [-0.4, -0.2) is 103 Å². The lowest BCUT2D eigenvalue weighted by Gasteiger charge is -2.36. The van der Waals surface area contributed by atoms with Gasteiger partial charge in [0.2, 0.25) is 12.3 Å². The Morgan fingerprint density at radius 3 is 2.36 bits per heavy atom. The first kappa shape index (κ1) is 27.8. The Hall–Kier alpha value is -4.26. The molecule has 39 heavy (non-hydrogen) atoms. The van der Waals surface area contributed by atoms with E-state index < -0.39 is 11.6 Å². The fourth-order valence-electron chi connectivity index (χ4n) is 4.54. The van der Waals surface area contributed by atoms with Gasteiger partial charge in [-0.1, -0.05) is 0 Å². The quantitative estimate of drug-likeness (QED) is 0.449. The summed E-state index contributed by atoms with van der Waals surface area (Å²) in [6, 6.07) is 7.16. The second kappa shape index (κ2) is 12.1. The molecule has 2 N–H and O–H groups in total. The molecule has 1 aromatic heterocycles. The van der Waals surface area contributed by atoms with Gasteiger partial charge in [0.05, 0.1) is 25.1 Å². The highest BCUT2D eigenvalue weighted by Crippen LogP contribution is 2.21. The molecule has 4 rings (SSSR count). The highest BCUT2D eigenvalue weighted by Gasteiger charge is 2.32. The number of halogens is 2. The molecular formula is C26H32F2N8O3. The Morgan fingerprint density at radius 2 is 1.77 bits per heavy atom. The summed E-state index contributed by atoms with van der Waals surface area (Å²) in [4.78, 5) is 49.6. The van der Waals surface area contributed by atoms with Crippen molar-refractivity contribution in [2.45, 2.75) is 6.54 Å². The molecule has 208 valence electrons. The normalized spacial score (nSPS) is 15.7. The van der Waals surface area contributed by atoms with Crippen LogP contribution in [0.4, 0.5) is 20.3 Å². The molecule has 13 heteroatoms. The van der Waals surface area contributed by atoms with Gasteiger partial charge in [0.15, 0.2) is 0 Å². The van der Waals surface area contributed by atoms with Crippen molar-refractivity contribution >= 4 is 29.7 Å². The van der Waals surface area contributed by atoms with E-state index in [1.54, 1.807) is 31.3 Å². The Labute approximate surface area is 225 Å². The topological polar surface area (TPSA) is 104 Å². The molecule has 0 unspecified atom stereocenters. The van der Waals surface area contributed by atoms with Crippen LogP contribution >= 0.6 is 0 Å². The van der Waals surface area contributed by atoms with E-state index in [0.717, 1.165) is 37.9 Å². The van der Waals surface area contributed by atoms with Crippen LogP contribution in [0.5, 0.6) is 0 Å². The molecule has 0 spiro atoms. The van der Waals surface area contributed by atoms with Crippen molar-refractivity contribution in [1.82, 2.24) is 29.9 Å². The Bertz CT molecular complexity index is 1230. The number of hydrogen-bond donors (Lipinski definition) is 2. The van der Waals surface area contributed by atoms with Crippen molar-refractivity contribution in [3.05, 3.63) is 65.2 Å². The fraction of sp³-hybridized carbons (Fsp3) is 0.385. The molecule has 2 aliphatic rings. The number of nitrogens with zero attached hydrogens (tertiary/aromatic N) is 6. The molecule has 11 nitrogen and oxygen atoms in total. The molecule has 1 fully saturated rings. The van der Waals surface area contributed by atoms with Crippen LogP contribution in [0.1, 0.15) is 5.56 Å². The molecule has 2 aliphatic heterocycles. The largest absolute Gasteiger partial charge is 0.368 e. The third kappa shape index (κ3) is 6.79. The van der Waals surface area contributed by atoms with E-state index in [1.165, 1.54) is 29.0 Å². The smallest absolute Gasteiger partial charge is 0.273 e. The number of benzene rings is 1. The average molecular weight is 543 g/mol. The Morgan fingerprint density at radius 1 is 1.08 bits per heavy atom. The zero-order valence-electron chi connectivity index (χ0n) is 22.2. The first-order valence-corrected chi connectivity index (χ1v) is 12.5. The maximum absolute atomic E-state index is 13.5. The number of anilines is 2. The number of likely N-dealkylation sites (N-methyl/N-ethyl adjacent to an activating group) is 1. The molecule has 3 heterocycles. The van der Waals surface area contributed by atoms with E-state index in [2.05, 4.69) is 25.4 Å². The van der Waals surface area contributed by atoms with Gasteiger partial charge in [-0.2, -0.15) is 0 Å². The molecule has 2 aromatic rings. The molecule has 1 saturated heterocycles. The first-order valence-electron chi connectivity index (χ1n) is 12.5. The van der Waals surface area contributed by atoms with Crippen LogP contribution in [0.2, 0.25) is 0 Å². The van der Waals surface area contributed by atoms with Gasteiger partial charge < -0.3 is 30.2 Å². The van der Waals surface area contributed by atoms with Gasteiger partial charge in [0.25, 0.3) is 5.91 Å². The van der Waals surface area contributed by atoms with Crippen molar-refractivity contribution in [2.24, 2.45) is 0 Å². The number of carbonyl (C=O) groups excluding carboxylic acids is 3. The number of amides is 3. The lowest BCUT2D eigenvalue weighted by molar-refractivity contribution is -0.126. The van der Waals surface area contributed by atoms with Gasteiger partial charge in [-0.25, -0.2) is 13.8 Å². The van der Waals surface area contributed by atoms with Crippen molar-refractivity contribution < 1.29 is 23.2 Å². The minimum absolute atomic E-state index is 0.112. The van der Waals surface area contributed by atoms with Crippen molar-refractivity contribution in [2.75, 3.05) is 70.8 Å². The van der Waals surface area contributed by atoms with Crippen molar-refractivity contribution in [3.8, 4) is 0 Å². The lowest BCUT2D eigenvalue weighted by atomic mass is 10.2. The van der Waals surface area contributed by atoms with Crippen molar-refractivity contribution in [3.63, 3.8) is 0 Å². The van der Waals surface area contributed by atoms with Gasteiger partial charge in [-0.3, -0.25) is 19.3 Å². The Kier molecular flexibility index (Phi) is 8.59. The van der Waals surface area contributed by atoms with E-state index >= 15 is 0 Å². The van der Waals surface area contributed by atoms with E-state index in [-0.39, 0.29) is 30.7 Å². The number of piperazine rings is 1. The van der Waals surface area contributed by atoms with E-state index in [1.807, 2.05) is 6.07 Å². The molecule has 0 radical (unpaired) electrons. The first-order chi connectivity index (χ1) is 18.6. The summed E-state index contributed by atoms with van der Waals surface area (Å²) in [5, 5.41) is 5.74. The highest BCUT2D eigenvalue weighted by atomic mass is 19.1. The zero-order chi connectivity index (χ0) is 28.1. The number of nitrogens with one attached hydrogen (secondary N) is 2. The van der Waals surface area contributed by atoms with Crippen molar-refractivity contribution in [1.29, 1.82) is 0 Å². The minimum atomic E-state index is -0.576. The second-order valence-electron chi connectivity index (χ2n) is 9.64. The summed E-state index contributed by atoms with van der Waals surface area (Å²) >= 11 is 0. The van der Waals surface area contributed by atoms with Gasteiger partial charge in [-0.05, 0) is 29.8 Å². The molecule has 0 saturated carbocycles. The summed E-state index contributed by atoms with van der Waals surface area (Å²) in [5.41, 5.74) is 1.74. The molecule has 3 amide bonds. The van der Waals surface area contributed by atoms with E-state index in [4.69, 9.17) is 0 Å². The number of pyridine rings is 1. The summed E-state index contributed by atoms with van der Waals surface area (Å²) in [7, 11) is 4.72. The third-order valence-electron chi connectivity index (χ3n) is 6.51. The number of rotatable bonds is 9. The summed E-state index contributed by atoms with van der Waals surface area (Å²) in [5.74, 6) is -1.14. The molecule has 0 bridgehead atoms. The molecule has 0 atom stereocenters. The van der Waals surface area contributed by atoms with Gasteiger partial charge in [0.1, 0.15) is 29.0 Å². The maximum Gasteiger partial charge on any atom is 0.273 e. The van der Waals surface area contributed by atoms with Crippen LogP contribution < -0.4 is 15.5 Å². The average Bonchev–Trinajstić information content (AvgIpc) is 3.31. The standard InChI is InChI=1S/C26H32F2N8O3/c1-32(2)26(39)24-25(33(3)17-37)30-16-36(24)15-23(38)31-22-5-4-21(13-29-22)35-8-6-34(7-9-35)14-18-10-19(27)12-20(28)11-18/h4-5,10-13,17,30H,6-9,14-16H2,1-3H3,(H,29,31,38). The monoisotopic (exact) mass is 542 g/mol. The SMILES string of the molecule is CN(C)C(=O)C1=C(N(C)C=O)NCN1CC(=O)Nc1ccc(N2CCN(Cc3cc(F)cc(F)c3)CC2)cn1. The highest BCUT2D eigenvalue weighted by molar-refractivity contribution is 5.96. The molecule has 0 aliphatic carbocycles. The predicted octanol–water partition coefficient (Wildman–Crippen LogP) is 0.829. The number of carbonyl (C=O) groups is 3. The van der Waals surface area contributed by atoms with Gasteiger partial charge in [0, 0.05) is 59.9 Å². The second-order valence-corrected chi connectivity index (χ2v) is 9.64. The van der Waals surface area contributed by atoms with Crippen LogP contribution in [0, 0.1) is 11.6 Å². The number of aromatic nitrogens is 1. The minimum Gasteiger partial charge on any atom is -0.368 e. The Balaban J connectivity index is 1.31. The summed E-state index contributed by atoms with van der Waals surface area (Å²) in [6.45, 7) is 3.45. The predicted molar refractivity (Wildman–Crippen MR) is 141 cm³/mol. The number of hydrogen-bond acceptors (Lipinski definition) is 8. The molecular weight excluding hydrogens is 510 g/mol. The lowest BCUT2D eigenvalue weighted by Crippen LogP contribution is -2.46. The van der Waals surface area contributed by atoms with Crippen LogP contribution in [0.3, 0.4) is 0 Å². The molecule has 1 aromatic carbocycles. The maximum atomic E-state index is 13.5. The van der Waals surface area contributed by atoms with Crippen LogP contribution in [-0.2, 0) is 20.9 Å². The van der Waals surface area contributed by atoms with Crippen LogP contribution in [0.25, 0.3) is 0 Å². The summed E-state index contributed by atoms with van der Waals surface area (Å²) in [6.07, 6.45) is 2.27. The fourth-order valence-corrected chi connectivity index (χ4v) is 4.54. The van der Waals surface area contributed by atoms with Gasteiger partial charge >= 0.3 is 0 Å². The van der Waals surface area contributed by atoms with E-state index in [0.29, 0.717) is 30.2 Å². The third-order valence-corrected chi connectivity index (χ3v) is 6.51. The summed E-state index contributed by atoms with van der Waals surface area (Å²) < 4.78 is 27.0. The van der Waals surface area contributed by atoms with E-state index in [9.17, 15) is 23.2 Å². The van der Waals surface area contributed by atoms with Crippen LogP contribution in [0.15, 0.2) is 48.0 Å². The van der Waals surface area contributed by atoms with Gasteiger partial charge in [-0.15, -0.1) is 0 Å². The zero-order valence-corrected chi connectivity index (χ0v) is 22.2.